The van der Waals surface area contributed by atoms with E-state index in [4.69, 9.17) is 5.73 Å². The highest BCUT2D eigenvalue weighted by Crippen LogP contribution is 2.27. The molecule has 3 rings (SSSR count). The van der Waals surface area contributed by atoms with Crippen LogP contribution in [-0.2, 0) is 4.79 Å². The van der Waals surface area contributed by atoms with Crippen LogP contribution >= 0.6 is 24.8 Å². The largest absolute Gasteiger partial charge is 0.341 e. The van der Waals surface area contributed by atoms with Crippen molar-refractivity contribution in [3.63, 3.8) is 0 Å². The van der Waals surface area contributed by atoms with Crippen LogP contribution in [0, 0.1) is 5.92 Å². The molecule has 2 atom stereocenters. The summed E-state index contributed by atoms with van der Waals surface area (Å²) in [5, 5.41) is 0. The Bertz CT molecular complexity index is 364. The van der Waals surface area contributed by atoms with Gasteiger partial charge in [-0.3, -0.25) is 9.69 Å². The van der Waals surface area contributed by atoms with Crippen molar-refractivity contribution in [1.29, 1.82) is 0 Å². The molecule has 2 saturated carbocycles. The highest BCUT2D eigenvalue weighted by atomic mass is 35.5. The number of carbonyl (C=O) groups excluding carboxylic acids is 1. The van der Waals surface area contributed by atoms with E-state index in [1.807, 2.05) is 0 Å². The van der Waals surface area contributed by atoms with Crippen molar-refractivity contribution in [2.24, 2.45) is 11.7 Å². The number of halogens is 2. The van der Waals surface area contributed by atoms with Gasteiger partial charge in [-0.15, -0.1) is 24.8 Å². The minimum absolute atomic E-state index is 0. The summed E-state index contributed by atoms with van der Waals surface area (Å²) in [6.45, 7) is 4.14. The first-order valence-electron chi connectivity index (χ1n) is 9.02. The second kappa shape index (κ2) is 10.1. The summed E-state index contributed by atoms with van der Waals surface area (Å²) in [6.07, 6.45) is 10.8. The van der Waals surface area contributed by atoms with Crippen molar-refractivity contribution in [2.45, 2.75) is 69.9 Å². The van der Waals surface area contributed by atoms with Gasteiger partial charge >= 0.3 is 0 Å². The van der Waals surface area contributed by atoms with Crippen LogP contribution in [0.4, 0.5) is 0 Å². The van der Waals surface area contributed by atoms with Gasteiger partial charge < -0.3 is 10.6 Å². The molecule has 0 bridgehead atoms. The molecule has 0 aromatic rings. The Morgan fingerprint density at radius 2 is 1.57 bits per heavy atom. The molecule has 1 aliphatic heterocycles. The van der Waals surface area contributed by atoms with E-state index < -0.39 is 0 Å². The third-order valence-electron chi connectivity index (χ3n) is 5.75. The maximum absolute atomic E-state index is 12.7. The van der Waals surface area contributed by atoms with Crippen molar-refractivity contribution in [3.8, 4) is 0 Å². The van der Waals surface area contributed by atoms with Gasteiger partial charge in [0.05, 0.1) is 0 Å². The summed E-state index contributed by atoms with van der Waals surface area (Å²) >= 11 is 0. The average Bonchev–Trinajstić information content (AvgIpc) is 2.91. The zero-order chi connectivity index (χ0) is 14.7. The first-order chi connectivity index (χ1) is 10.2. The van der Waals surface area contributed by atoms with Crippen LogP contribution in [0.5, 0.6) is 0 Å². The van der Waals surface area contributed by atoms with Gasteiger partial charge in [0.15, 0.2) is 0 Å². The van der Waals surface area contributed by atoms with E-state index in [9.17, 15) is 4.79 Å². The molecule has 1 saturated heterocycles. The molecule has 3 aliphatic rings. The van der Waals surface area contributed by atoms with Gasteiger partial charge in [-0.25, -0.2) is 0 Å². The monoisotopic (exact) mass is 365 g/mol. The topological polar surface area (TPSA) is 49.6 Å². The maximum Gasteiger partial charge on any atom is 0.225 e. The maximum atomic E-state index is 12.7. The van der Waals surface area contributed by atoms with Gasteiger partial charge in [0.1, 0.15) is 0 Å². The molecule has 4 nitrogen and oxygen atoms in total. The summed E-state index contributed by atoms with van der Waals surface area (Å²) in [4.78, 5) is 17.5. The Hall–Kier alpha value is -0.0300. The number of hydrogen-bond acceptors (Lipinski definition) is 3. The van der Waals surface area contributed by atoms with E-state index in [0.717, 1.165) is 57.8 Å². The quantitative estimate of drug-likeness (QED) is 0.818. The predicted octanol–water partition coefficient (Wildman–Crippen LogP) is 2.82. The Labute approximate surface area is 153 Å². The van der Waals surface area contributed by atoms with E-state index in [-0.39, 0.29) is 36.8 Å². The Kier molecular flexibility index (Phi) is 9.20. The molecule has 0 radical (unpaired) electrons. The first-order valence-corrected chi connectivity index (χ1v) is 9.02. The van der Waals surface area contributed by atoms with Crippen molar-refractivity contribution >= 4 is 30.7 Å². The molecule has 23 heavy (non-hydrogen) atoms. The molecular weight excluding hydrogens is 333 g/mol. The molecule has 1 amide bonds. The zero-order valence-electron chi connectivity index (χ0n) is 14.1. The van der Waals surface area contributed by atoms with Gasteiger partial charge in [0, 0.05) is 44.2 Å². The van der Waals surface area contributed by atoms with Crippen LogP contribution in [-0.4, -0.2) is 54.0 Å². The van der Waals surface area contributed by atoms with Crippen molar-refractivity contribution < 1.29 is 4.79 Å². The number of amides is 1. The lowest BCUT2D eigenvalue weighted by atomic mass is 9.85. The van der Waals surface area contributed by atoms with Crippen LogP contribution in [0.25, 0.3) is 0 Å². The van der Waals surface area contributed by atoms with E-state index in [2.05, 4.69) is 9.80 Å². The highest BCUT2D eigenvalue weighted by molar-refractivity contribution is 5.85. The molecule has 0 aromatic carbocycles. The fourth-order valence-electron chi connectivity index (χ4n) is 4.50. The van der Waals surface area contributed by atoms with Crippen LogP contribution in [0.1, 0.15) is 57.8 Å². The molecule has 0 aromatic heterocycles. The standard InChI is InChI=1S/C17H31N3O.2ClH/c18-15-6-3-5-14(13-15)17(21)20-10-4-9-19(11-12-20)16-7-1-2-8-16;;/h14-16H,1-13,18H2;2*1H. The summed E-state index contributed by atoms with van der Waals surface area (Å²) in [7, 11) is 0. The lowest BCUT2D eigenvalue weighted by Crippen LogP contribution is -2.43. The van der Waals surface area contributed by atoms with E-state index in [1.165, 1.54) is 32.2 Å². The molecule has 1 heterocycles. The number of hydrogen-bond donors (Lipinski definition) is 1. The summed E-state index contributed by atoms with van der Waals surface area (Å²) in [6, 6.07) is 1.04. The number of nitrogens with zero attached hydrogens (tertiary/aromatic N) is 2. The van der Waals surface area contributed by atoms with E-state index in [1.54, 1.807) is 0 Å². The van der Waals surface area contributed by atoms with Crippen molar-refractivity contribution in [1.82, 2.24) is 9.80 Å². The third-order valence-corrected chi connectivity index (χ3v) is 5.75. The normalized spacial score (nSPS) is 30.2. The zero-order valence-corrected chi connectivity index (χ0v) is 15.8. The Morgan fingerprint density at radius 3 is 2.26 bits per heavy atom. The Morgan fingerprint density at radius 1 is 0.826 bits per heavy atom. The minimum Gasteiger partial charge on any atom is -0.341 e. The van der Waals surface area contributed by atoms with Gasteiger partial charge in [-0.05, 0) is 38.5 Å². The van der Waals surface area contributed by atoms with Gasteiger partial charge in [-0.2, -0.15) is 0 Å². The lowest BCUT2D eigenvalue weighted by Gasteiger charge is -2.31. The molecule has 6 heteroatoms. The molecular formula is C17H33Cl2N3O. The molecule has 2 unspecified atom stereocenters. The van der Waals surface area contributed by atoms with Crippen LogP contribution in [0.15, 0.2) is 0 Å². The fourth-order valence-corrected chi connectivity index (χ4v) is 4.50. The molecule has 2 N–H and O–H groups in total. The second-order valence-electron chi connectivity index (χ2n) is 7.28. The fraction of sp³-hybridized carbons (Fsp3) is 0.941. The summed E-state index contributed by atoms with van der Waals surface area (Å²) < 4.78 is 0. The highest BCUT2D eigenvalue weighted by Gasteiger charge is 2.31. The Balaban J connectivity index is 0.00000132. The smallest absolute Gasteiger partial charge is 0.225 e. The van der Waals surface area contributed by atoms with E-state index in [0.29, 0.717) is 5.91 Å². The molecule has 0 spiro atoms. The first kappa shape index (κ1) is 21.0. The minimum atomic E-state index is 0. The van der Waals surface area contributed by atoms with Gasteiger partial charge in [0.25, 0.3) is 0 Å². The summed E-state index contributed by atoms with van der Waals surface area (Å²) in [5.41, 5.74) is 6.05. The van der Waals surface area contributed by atoms with Gasteiger partial charge in [0.2, 0.25) is 5.91 Å². The predicted molar refractivity (Wildman–Crippen MR) is 99.5 cm³/mol. The van der Waals surface area contributed by atoms with E-state index >= 15 is 0 Å². The molecule has 136 valence electrons. The molecule has 2 aliphatic carbocycles. The summed E-state index contributed by atoms with van der Waals surface area (Å²) in [5.74, 6) is 0.588. The SMILES string of the molecule is Cl.Cl.NC1CCCC(C(=O)N2CCCN(C3CCCC3)CC2)C1. The average molecular weight is 366 g/mol. The second-order valence-corrected chi connectivity index (χ2v) is 7.28. The van der Waals surface area contributed by atoms with Crippen molar-refractivity contribution in [3.05, 3.63) is 0 Å². The van der Waals surface area contributed by atoms with Gasteiger partial charge in [-0.1, -0.05) is 19.3 Å². The lowest BCUT2D eigenvalue weighted by molar-refractivity contribution is -0.136. The van der Waals surface area contributed by atoms with Crippen molar-refractivity contribution in [2.75, 3.05) is 26.2 Å². The number of carbonyl (C=O) groups is 1. The van der Waals surface area contributed by atoms with Crippen LogP contribution in [0.2, 0.25) is 0 Å². The van der Waals surface area contributed by atoms with Crippen LogP contribution < -0.4 is 5.73 Å². The van der Waals surface area contributed by atoms with Crippen LogP contribution in [0.3, 0.4) is 0 Å². The third kappa shape index (κ3) is 5.48. The number of rotatable bonds is 2. The molecule has 3 fully saturated rings. The number of nitrogens with two attached hydrogens (primary N) is 1.